The third kappa shape index (κ3) is 10.3. The predicted molar refractivity (Wildman–Crippen MR) is 239 cm³/mol. The van der Waals surface area contributed by atoms with Crippen LogP contribution in [0.5, 0.6) is 0 Å². The minimum absolute atomic E-state index is 0.0247. The standard InChI is InChI=1S/C49H74N2O14/c1-12-26(2)44-29(5)18-19-48(65-44)24-35-21-34(64-48)17-16-28(4)43(27(3)14-13-15-33-25-58-46-42(52)30(6)20-36(47(53)61-35)49(33,46)54)62-40-23-38(57-11)45(32(8)60-40)63-39-22-37(56-10)41(31(7)59-39)51(9)50-55/h13-16,18-20,26-27,29,31-32,34-46,52,54H,12,17,21-25H2,1-11H3/b14-13+,28-16+,33-15?/t26-,27-,29-,31-,32-,34+,35-,36-,37-,38-,39-,40-,41+,42+,43-,44+,45-,46+,48+,49+/m0/s1. The molecule has 6 heterocycles. The zero-order valence-corrected chi connectivity index (χ0v) is 40.1. The largest absolute Gasteiger partial charge is 0.462 e. The van der Waals surface area contributed by atoms with Gasteiger partial charge in [-0.3, -0.25) is 9.80 Å². The first-order valence-corrected chi connectivity index (χ1v) is 23.7. The van der Waals surface area contributed by atoms with Crippen LogP contribution in [0.2, 0.25) is 0 Å². The second-order valence-corrected chi connectivity index (χ2v) is 19.6. The van der Waals surface area contributed by atoms with E-state index in [0.717, 1.165) is 12.0 Å². The third-order valence-electron chi connectivity index (χ3n) is 15.1. The van der Waals surface area contributed by atoms with Crippen LogP contribution in [0.25, 0.3) is 0 Å². The first-order chi connectivity index (χ1) is 30.9. The zero-order chi connectivity index (χ0) is 47.0. The highest BCUT2D eigenvalue weighted by Crippen LogP contribution is 2.47. The number of nitroso groups, excluding NO2 is 1. The Morgan fingerprint density at radius 1 is 0.938 bits per heavy atom. The maximum absolute atomic E-state index is 14.4. The Kier molecular flexibility index (Phi) is 16.0. The summed E-state index contributed by atoms with van der Waals surface area (Å²) in [5.74, 6) is -2.61. The summed E-state index contributed by atoms with van der Waals surface area (Å²) < 4.78 is 64.4. The minimum atomic E-state index is -1.84. The van der Waals surface area contributed by atoms with Gasteiger partial charge in [0.1, 0.15) is 42.0 Å². The van der Waals surface area contributed by atoms with E-state index in [9.17, 15) is 19.9 Å². The van der Waals surface area contributed by atoms with Crippen LogP contribution in [0.4, 0.5) is 0 Å². The van der Waals surface area contributed by atoms with Crippen molar-refractivity contribution in [3.63, 3.8) is 0 Å². The molecule has 364 valence electrons. The number of allylic oxidation sites excluding steroid dienone is 2. The van der Waals surface area contributed by atoms with Crippen LogP contribution in [-0.2, 0) is 52.2 Å². The van der Waals surface area contributed by atoms with Crippen molar-refractivity contribution in [2.75, 3.05) is 27.9 Å². The molecule has 0 aromatic rings. The van der Waals surface area contributed by atoms with Gasteiger partial charge >= 0.3 is 5.97 Å². The molecule has 2 N–H and O–H groups in total. The molecule has 65 heavy (non-hydrogen) atoms. The summed E-state index contributed by atoms with van der Waals surface area (Å²) in [7, 11) is 4.86. The highest BCUT2D eigenvalue weighted by molar-refractivity contribution is 5.78. The van der Waals surface area contributed by atoms with E-state index < -0.39 is 90.8 Å². The lowest BCUT2D eigenvalue weighted by Crippen LogP contribution is -2.58. The van der Waals surface area contributed by atoms with E-state index in [-0.39, 0.29) is 49.0 Å². The van der Waals surface area contributed by atoms with Crippen LogP contribution in [0.1, 0.15) is 93.9 Å². The van der Waals surface area contributed by atoms with Crippen molar-refractivity contribution in [2.24, 2.45) is 29.0 Å². The first kappa shape index (κ1) is 50.0. The van der Waals surface area contributed by atoms with E-state index in [0.29, 0.717) is 36.8 Å². The molecule has 0 aromatic heterocycles. The van der Waals surface area contributed by atoms with Gasteiger partial charge in [-0.2, -0.15) is 0 Å². The maximum atomic E-state index is 14.4. The third-order valence-corrected chi connectivity index (χ3v) is 15.1. The van der Waals surface area contributed by atoms with Crippen LogP contribution in [-0.4, -0.2) is 146 Å². The number of carbonyl (C=O) groups excluding carboxylic acids is 1. The molecule has 0 radical (unpaired) electrons. The number of hydrogen-bond acceptors (Lipinski definition) is 15. The molecule has 4 saturated heterocycles. The van der Waals surface area contributed by atoms with Gasteiger partial charge in [0, 0.05) is 58.8 Å². The molecule has 7 aliphatic rings. The smallest absolute Gasteiger partial charge is 0.316 e. The number of carbonyl (C=O) groups is 1. The molecule has 20 atom stereocenters. The lowest BCUT2D eigenvalue weighted by molar-refractivity contribution is -0.315. The summed E-state index contributed by atoms with van der Waals surface area (Å²) in [6, 6.07) is -0.370. The molecule has 16 heteroatoms. The highest BCUT2D eigenvalue weighted by atomic mass is 16.7. The molecule has 0 saturated carbocycles. The second kappa shape index (κ2) is 20.8. The number of nitrogens with zero attached hydrogens (tertiary/aromatic N) is 2. The van der Waals surface area contributed by atoms with Crippen molar-refractivity contribution >= 4 is 5.97 Å². The number of fused-ring (bicyclic) bond motifs is 2. The van der Waals surface area contributed by atoms with E-state index in [1.807, 2.05) is 39.0 Å². The van der Waals surface area contributed by atoms with Gasteiger partial charge in [0.2, 0.25) is 0 Å². The molecule has 4 fully saturated rings. The van der Waals surface area contributed by atoms with Crippen LogP contribution in [0.15, 0.2) is 64.5 Å². The van der Waals surface area contributed by atoms with Gasteiger partial charge in [-0.05, 0) is 62.8 Å². The van der Waals surface area contributed by atoms with Crippen molar-refractivity contribution in [1.29, 1.82) is 0 Å². The van der Waals surface area contributed by atoms with E-state index in [2.05, 4.69) is 45.1 Å². The number of likely N-dealkylation sites (N-methyl/N-ethyl adjacent to an activating group) is 1. The fourth-order valence-corrected chi connectivity index (χ4v) is 11.2. The molecule has 16 nitrogen and oxygen atoms in total. The number of aliphatic hydroxyl groups excluding tert-OH is 1. The molecule has 6 aliphatic heterocycles. The van der Waals surface area contributed by atoms with E-state index in [1.54, 1.807) is 40.3 Å². The normalized spacial score (nSPS) is 46.5. The number of aliphatic hydroxyl groups is 2. The number of methoxy groups -OCH3 is 2. The molecule has 7 rings (SSSR count). The topological polar surface area (TPSA) is 182 Å². The SMILES string of the molecule is CC[C@H](C)[C@H]1O[C@]2(C=C[C@@H]1C)C[C@@H]1C[C@@H](C/C=C(\C)[C@@H](O[C@H]3C[C@H](OC)[C@@H](O[C@H]4C[C@H](OC)[C@H](N(C)N=O)[C@H](C)O4)[C@H](C)O3)[C@@H](C)/C=C/C=C3CO[C@@H]4[C@H](O)C(C)=C[C@@H](C(=O)O1)[C@]34O)O2. The van der Waals surface area contributed by atoms with Gasteiger partial charge in [-0.25, -0.2) is 0 Å². The lowest BCUT2D eigenvalue weighted by Gasteiger charge is -2.48. The van der Waals surface area contributed by atoms with Crippen molar-refractivity contribution in [3.05, 3.63) is 64.2 Å². The Hall–Kier alpha value is -2.87. The van der Waals surface area contributed by atoms with Crippen molar-refractivity contribution < 1.29 is 62.4 Å². The number of hydrogen-bond donors (Lipinski definition) is 2. The summed E-state index contributed by atoms with van der Waals surface area (Å²) in [4.78, 5) is 25.8. The predicted octanol–water partition coefficient (Wildman–Crippen LogP) is 6.00. The first-order valence-electron chi connectivity index (χ1n) is 23.7. The minimum Gasteiger partial charge on any atom is -0.462 e. The molecular formula is C49H74N2O14. The maximum Gasteiger partial charge on any atom is 0.316 e. The molecule has 0 amide bonds. The molecule has 1 aliphatic carbocycles. The summed E-state index contributed by atoms with van der Waals surface area (Å²) in [5, 5.41) is 28.2. The fraction of sp³-hybridized carbons (Fsp3) is 0.776. The Bertz CT molecular complexity index is 1840. The average molecular weight is 915 g/mol. The van der Waals surface area contributed by atoms with Gasteiger partial charge in [0.15, 0.2) is 18.4 Å². The summed E-state index contributed by atoms with van der Waals surface area (Å²) in [6.45, 7) is 16.1. The van der Waals surface area contributed by atoms with Crippen LogP contribution in [0.3, 0.4) is 0 Å². The zero-order valence-electron chi connectivity index (χ0n) is 40.1. The van der Waals surface area contributed by atoms with Gasteiger partial charge in [-0.1, -0.05) is 70.6 Å². The Balaban J connectivity index is 1.17. The average Bonchev–Trinajstić information content (AvgIpc) is 3.62. The molecule has 1 spiro atoms. The van der Waals surface area contributed by atoms with E-state index in [4.69, 9.17) is 47.4 Å². The quantitative estimate of drug-likeness (QED) is 0.113. The summed E-state index contributed by atoms with van der Waals surface area (Å²) in [5.41, 5.74) is 0.106. The second-order valence-electron chi connectivity index (χ2n) is 19.6. The fourth-order valence-electron chi connectivity index (χ4n) is 11.2. The summed E-state index contributed by atoms with van der Waals surface area (Å²) >= 11 is 0. The van der Waals surface area contributed by atoms with Gasteiger partial charge < -0.3 is 57.6 Å². The molecular weight excluding hydrogens is 841 g/mol. The Labute approximate surface area is 384 Å². The number of esters is 1. The van der Waals surface area contributed by atoms with Crippen molar-refractivity contribution in [1.82, 2.24) is 5.01 Å². The molecule has 0 unspecified atom stereocenters. The Morgan fingerprint density at radius 2 is 1.65 bits per heavy atom. The number of rotatable bonds is 10. The van der Waals surface area contributed by atoms with Crippen LogP contribution in [0, 0.1) is 28.6 Å². The van der Waals surface area contributed by atoms with Crippen molar-refractivity contribution in [3.8, 4) is 0 Å². The monoisotopic (exact) mass is 915 g/mol. The van der Waals surface area contributed by atoms with Gasteiger partial charge in [-0.15, -0.1) is 4.91 Å². The van der Waals surface area contributed by atoms with Crippen molar-refractivity contribution in [2.45, 2.75) is 191 Å². The van der Waals surface area contributed by atoms with E-state index >= 15 is 0 Å². The van der Waals surface area contributed by atoms with E-state index in [1.165, 1.54) is 5.01 Å². The lowest BCUT2D eigenvalue weighted by atomic mass is 9.71. The van der Waals surface area contributed by atoms with Gasteiger partial charge in [0.05, 0.1) is 54.6 Å². The van der Waals surface area contributed by atoms with Crippen LogP contribution < -0.4 is 0 Å². The van der Waals surface area contributed by atoms with Crippen LogP contribution >= 0.6 is 0 Å². The molecule has 2 bridgehead atoms. The number of ether oxygens (including phenoxy) is 10. The molecule has 0 aromatic carbocycles. The summed E-state index contributed by atoms with van der Waals surface area (Å²) in [6.07, 6.45) is 9.23. The van der Waals surface area contributed by atoms with Gasteiger partial charge in [0.25, 0.3) is 0 Å². The highest BCUT2D eigenvalue weighted by Gasteiger charge is 2.60. The Morgan fingerprint density at radius 3 is 2.35 bits per heavy atom.